The number of unbranched alkanes of at least 4 members (excludes halogenated alkanes) is 18. The standard InChI is InChI=1S/C47H82NO10P/c1-3-5-7-9-11-13-15-17-19-21-22-23-25-26-28-30-32-34-36-38-45(49)55-40-43(41-56-59(53,54)57-42-44(48)47(51)52)58-46(50)39-37-35-33-31-29-27-24-20-18-16-14-12-10-8-6-4-2/h11,13,17,19-20,22-24,26,28,43-44H,3-10,12,14-16,18,21,25,27,29-42,48H2,1-2H3,(H,51,52)(H,53,54)/b13-11-,19-17-,23-22-,24-20-,28-26-/t43-,44+/m1/s1. The number of phosphoric acid groups is 1. The van der Waals surface area contributed by atoms with Crippen molar-refractivity contribution in [2.24, 2.45) is 5.73 Å². The van der Waals surface area contributed by atoms with Crippen LogP contribution in [-0.4, -0.2) is 59.9 Å². The van der Waals surface area contributed by atoms with E-state index in [4.69, 9.17) is 24.8 Å². The number of allylic oxidation sites excluding steroid dienone is 10. The lowest BCUT2D eigenvalue weighted by molar-refractivity contribution is -0.161. The molecule has 0 rings (SSSR count). The molecule has 0 saturated carbocycles. The van der Waals surface area contributed by atoms with Crippen molar-refractivity contribution in [1.82, 2.24) is 0 Å². The fraction of sp³-hybridized carbons (Fsp3) is 0.723. The average molecular weight is 852 g/mol. The summed E-state index contributed by atoms with van der Waals surface area (Å²) in [6.45, 7) is 2.73. The molecule has 0 saturated heterocycles. The molecule has 0 aromatic carbocycles. The molecule has 0 spiro atoms. The van der Waals surface area contributed by atoms with E-state index in [1.165, 1.54) is 70.6 Å². The van der Waals surface area contributed by atoms with Gasteiger partial charge in [0.1, 0.15) is 12.6 Å². The minimum atomic E-state index is -4.73. The summed E-state index contributed by atoms with van der Waals surface area (Å²) in [7, 11) is -4.73. The number of nitrogens with two attached hydrogens (primary N) is 1. The number of esters is 2. The van der Waals surface area contributed by atoms with E-state index < -0.39 is 51.1 Å². The van der Waals surface area contributed by atoms with Crippen molar-refractivity contribution < 1.29 is 47.5 Å². The third-order valence-electron chi connectivity index (χ3n) is 9.49. The fourth-order valence-electron chi connectivity index (χ4n) is 5.87. The van der Waals surface area contributed by atoms with Crippen molar-refractivity contribution in [3.63, 3.8) is 0 Å². The molecule has 1 unspecified atom stereocenters. The first kappa shape index (κ1) is 56.2. The Morgan fingerprint density at radius 1 is 0.525 bits per heavy atom. The predicted molar refractivity (Wildman–Crippen MR) is 240 cm³/mol. The Hall–Kier alpha value is -2.82. The van der Waals surface area contributed by atoms with Gasteiger partial charge in [0.25, 0.3) is 0 Å². The molecular formula is C47H82NO10P. The molecule has 0 heterocycles. The second kappa shape index (κ2) is 41.9. The van der Waals surface area contributed by atoms with Crippen LogP contribution in [0.15, 0.2) is 60.8 Å². The normalized spacial score (nSPS) is 14.2. The number of carboxylic acid groups (broad SMARTS) is 1. The van der Waals surface area contributed by atoms with Gasteiger partial charge in [0.2, 0.25) is 0 Å². The molecule has 0 aromatic heterocycles. The average Bonchev–Trinajstić information content (AvgIpc) is 3.21. The van der Waals surface area contributed by atoms with Crippen molar-refractivity contribution in [1.29, 1.82) is 0 Å². The third-order valence-corrected chi connectivity index (χ3v) is 10.4. The molecule has 59 heavy (non-hydrogen) atoms. The Morgan fingerprint density at radius 3 is 1.41 bits per heavy atom. The first-order valence-corrected chi connectivity index (χ1v) is 24.3. The van der Waals surface area contributed by atoms with Crippen LogP contribution in [0, 0.1) is 0 Å². The number of rotatable bonds is 42. The number of carbonyl (C=O) groups excluding carboxylic acids is 2. The van der Waals surface area contributed by atoms with Crippen molar-refractivity contribution >= 4 is 25.7 Å². The van der Waals surface area contributed by atoms with Crippen molar-refractivity contribution in [3.8, 4) is 0 Å². The van der Waals surface area contributed by atoms with Crippen molar-refractivity contribution in [2.45, 2.75) is 199 Å². The molecule has 0 aromatic rings. The molecule has 0 aliphatic rings. The van der Waals surface area contributed by atoms with E-state index in [-0.39, 0.29) is 19.4 Å². The molecule has 0 bridgehead atoms. The van der Waals surface area contributed by atoms with Crippen LogP contribution < -0.4 is 5.73 Å². The van der Waals surface area contributed by atoms with Gasteiger partial charge in [0, 0.05) is 12.8 Å². The number of aliphatic carboxylic acids is 1. The van der Waals surface area contributed by atoms with Gasteiger partial charge in [-0.25, -0.2) is 4.57 Å². The monoisotopic (exact) mass is 852 g/mol. The first-order valence-electron chi connectivity index (χ1n) is 22.8. The van der Waals surface area contributed by atoms with E-state index >= 15 is 0 Å². The van der Waals surface area contributed by atoms with Gasteiger partial charge in [-0.15, -0.1) is 0 Å². The highest BCUT2D eigenvalue weighted by Crippen LogP contribution is 2.43. The Bertz CT molecular complexity index is 1230. The number of phosphoric ester groups is 1. The Kier molecular flexibility index (Phi) is 39.9. The second-order valence-corrected chi connectivity index (χ2v) is 16.6. The van der Waals surface area contributed by atoms with E-state index in [9.17, 15) is 23.8 Å². The number of carbonyl (C=O) groups is 3. The fourth-order valence-corrected chi connectivity index (χ4v) is 6.64. The highest BCUT2D eigenvalue weighted by Gasteiger charge is 2.28. The van der Waals surface area contributed by atoms with Gasteiger partial charge in [-0.1, -0.05) is 152 Å². The third kappa shape index (κ3) is 41.7. The van der Waals surface area contributed by atoms with E-state index in [1.807, 2.05) is 0 Å². The van der Waals surface area contributed by atoms with Crippen LogP contribution in [-0.2, 0) is 37.5 Å². The van der Waals surface area contributed by atoms with Crippen LogP contribution in [0.3, 0.4) is 0 Å². The van der Waals surface area contributed by atoms with Gasteiger partial charge < -0.3 is 25.2 Å². The van der Waals surface area contributed by atoms with E-state index in [2.05, 4.69) is 79.1 Å². The van der Waals surface area contributed by atoms with Gasteiger partial charge in [0.05, 0.1) is 13.2 Å². The van der Waals surface area contributed by atoms with E-state index in [1.54, 1.807) is 0 Å². The summed E-state index contributed by atoms with van der Waals surface area (Å²) in [5.74, 6) is -2.43. The number of carboxylic acids is 1. The lowest BCUT2D eigenvalue weighted by Gasteiger charge is -2.20. The van der Waals surface area contributed by atoms with Crippen molar-refractivity contribution in [2.75, 3.05) is 19.8 Å². The Morgan fingerprint density at radius 2 is 0.898 bits per heavy atom. The zero-order valence-electron chi connectivity index (χ0n) is 36.8. The number of hydrogen-bond acceptors (Lipinski definition) is 9. The second-order valence-electron chi connectivity index (χ2n) is 15.2. The van der Waals surface area contributed by atoms with E-state index in [0.29, 0.717) is 12.8 Å². The molecule has 0 amide bonds. The van der Waals surface area contributed by atoms with Crippen LogP contribution in [0.1, 0.15) is 187 Å². The molecule has 0 aliphatic heterocycles. The van der Waals surface area contributed by atoms with Gasteiger partial charge in [-0.3, -0.25) is 23.4 Å². The van der Waals surface area contributed by atoms with Gasteiger partial charge >= 0.3 is 25.7 Å². The van der Waals surface area contributed by atoms with E-state index in [0.717, 1.165) is 77.0 Å². The Labute approximate surface area is 357 Å². The maximum atomic E-state index is 12.6. The molecule has 0 aliphatic carbocycles. The Balaban J connectivity index is 4.42. The van der Waals surface area contributed by atoms with Crippen LogP contribution in [0.4, 0.5) is 0 Å². The SMILES string of the molecule is CCCCC/C=C\C/C=C\C/C=C\C/C=C\CCCCCC(=O)OC[C@H](COP(=O)(O)OC[C@H](N)C(=O)O)OC(=O)CCCCCCC/C=C\CCCCCCCCC. The zero-order valence-corrected chi connectivity index (χ0v) is 37.7. The molecule has 4 N–H and O–H groups in total. The zero-order chi connectivity index (χ0) is 43.5. The molecule has 12 heteroatoms. The largest absolute Gasteiger partial charge is 0.480 e. The molecule has 0 radical (unpaired) electrons. The van der Waals surface area contributed by atoms with Crippen LogP contribution in [0.5, 0.6) is 0 Å². The summed E-state index contributed by atoms with van der Waals surface area (Å²) < 4.78 is 32.7. The van der Waals surface area contributed by atoms with Crippen LogP contribution in [0.2, 0.25) is 0 Å². The topological polar surface area (TPSA) is 172 Å². The number of ether oxygens (including phenoxy) is 2. The molecule has 340 valence electrons. The first-order chi connectivity index (χ1) is 28.6. The lowest BCUT2D eigenvalue weighted by atomic mass is 10.1. The van der Waals surface area contributed by atoms with Gasteiger partial charge in [-0.05, 0) is 83.5 Å². The predicted octanol–water partition coefficient (Wildman–Crippen LogP) is 12.3. The van der Waals surface area contributed by atoms with Crippen LogP contribution >= 0.6 is 7.82 Å². The molecule has 11 nitrogen and oxygen atoms in total. The minimum Gasteiger partial charge on any atom is -0.480 e. The lowest BCUT2D eigenvalue weighted by Crippen LogP contribution is -2.34. The van der Waals surface area contributed by atoms with Gasteiger partial charge in [0.15, 0.2) is 6.10 Å². The maximum absolute atomic E-state index is 12.6. The smallest absolute Gasteiger partial charge is 0.472 e. The minimum absolute atomic E-state index is 0.142. The summed E-state index contributed by atoms with van der Waals surface area (Å²) in [4.78, 5) is 46.0. The summed E-state index contributed by atoms with van der Waals surface area (Å²) >= 11 is 0. The van der Waals surface area contributed by atoms with Gasteiger partial charge in [-0.2, -0.15) is 0 Å². The number of hydrogen-bond donors (Lipinski definition) is 3. The molecular weight excluding hydrogens is 769 g/mol. The highest BCUT2D eigenvalue weighted by molar-refractivity contribution is 7.47. The quantitative estimate of drug-likeness (QED) is 0.0231. The molecule has 3 atom stereocenters. The summed E-state index contributed by atoms with van der Waals surface area (Å²) in [5, 5.41) is 8.90. The molecule has 0 fully saturated rings. The van der Waals surface area contributed by atoms with Crippen molar-refractivity contribution in [3.05, 3.63) is 60.8 Å². The highest BCUT2D eigenvalue weighted by atomic mass is 31.2. The summed E-state index contributed by atoms with van der Waals surface area (Å²) in [5.41, 5.74) is 5.33. The van der Waals surface area contributed by atoms with Crippen LogP contribution in [0.25, 0.3) is 0 Å². The maximum Gasteiger partial charge on any atom is 0.472 e. The summed E-state index contributed by atoms with van der Waals surface area (Å²) in [6, 6.07) is -1.53. The summed E-state index contributed by atoms with van der Waals surface area (Å²) in [6.07, 6.45) is 48.5.